The number of nitriles is 1. The van der Waals surface area contributed by atoms with Gasteiger partial charge in [-0.1, -0.05) is 0 Å². The van der Waals surface area contributed by atoms with Gasteiger partial charge in [0.05, 0.1) is 11.6 Å². The van der Waals surface area contributed by atoms with Crippen LogP contribution in [0.3, 0.4) is 0 Å². The van der Waals surface area contributed by atoms with E-state index in [0.29, 0.717) is 12.6 Å². The van der Waals surface area contributed by atoms with Gasteiger partial charge in [-0.2, -0.15) is 5.26 Å². The third-order valence-electron chi connectivity index (χ3n) is 2.92. The van der Waals surface area contributed by atoms with Crippen molar-refractivity contribution in [3.8, 4) is 6.07 Å². The van der Waals surface area contributed by atoms with E-state index in [1.165, 1.54) is 0 Å². The van der Waals surface area contributed by atoms with Gasteiger partial charge in [-0.05, 0) is 12.1 Å². The smallest absolute Gasteiger partial charge is 0.258 e. The lowest BCUT2D eigenvalue weighted by molar-refractivity contribution is 0.0681. The highest BCUT2D eigenvalue weighted by molar-refractivity contribution is 5.95. The molecule has 4 nitrogen and oxygen atoms in total. The SMILES string of the molecule is N#CC1CNCCN1C(=O)c1ccc(F)c(F)c1F. The van der Waals surface area contributed by atoms with E-state index >= 15 is 0 Å². The molecule has 0 radical (unpaired) electrons. The number of piperazine rings is 1. The molecule has 1 aromatic rings. The minimum absolute atomic E-state index is 0.204. The van der Waals surface area contributed by atoms with E-state index in [4.69, 9.17) is 5.26 Å². The molecule has 1 heterocycles. The topological polar surface area (TPSA) is 56.1 Å². The zero-order valence-electron chi connectivity index (χ0n) is 9.79. The maximum Gasteiger partial charge on any atom is 0.258 e. The number of hydrogen-bond donors (Lipinski definition) is 1. The normalized spacial score (nSPS) is 19.1. The van der Waals surface area contributed by atoms with Crippen LogP contribution in [0.4, 0.5) is 13.2 Å². The predicted molar refractivity (Wildman–Crippen MR) is 59.6 cm³/mol. The Morgan fingerprint density at radius 1 is 1.37 bits per heavy atom. The van der Waals surface area contributed by atoms with Crippen LogP contribution in [0.2, 0.25) is 0 Å². The Morgan fingerprint density at radius 3 is 2.79 bits per heavy atom. The molecule has 0 aliphatic carbocycles. The molecule has 1 aliphatic heterocycles. The molecule has 0 saturated carbocycles. The monoisotopic (exact) mass is 269 g/mol. The Labute approximate surface area is 107 Å². The van der Waals surface area contributed by atoms with Crippen LogP contribution in [-0.2, 0) is 0 Å². The van der Waals surface area contributed by atoms with Gasteiger partial charge in [0.25, 0.3) is 5.91 Å². The van der Waals surface area contributed by atoms with E-state index in [1.54, 1.807) is 0 Å². The van der Waals surface area contributed by atoms with Crippen molar-refractivity contribution in [2.45, 2.75) is 6.04 Å². The molecular weight excluding hydrogens is 259 g/mol. The summed E-state index contributed by atoms with van der Waals surface area (Å²) >= 11 is 0. The molecule has 1 amide bonds. The zero-order chi connectivity index (χ0) is 14.0. The second-order valence-corrected chi connectivity index (χ2v) is 4.07. The Kier molecular flexibility index (Phi) is 3.71. The predicted octanol–water partition coefficient (Wildman–Crippen LogP) is 1.04. The van der Waals surface area contributed by atoms with Gasteiger partial charge in [0.2, 0.25) is 0 Å². The summed E-state index contributed by atoms with van der Waals surface area (Å²) in [7, 11) is 0. The van der Waals surface area contributed by atoms with Gasteiger partial charge in [0, 0.05) is 19.6 Å². The third kappa shape index (κ3) is 2.39. The van der Waals surface area contributed by atoms with Crippen molar-refractivity contribution in [2.75, 3.05) is 19.6 Å². The third-order valence-corrected chi connectivity index (χ3v) is 2.92. The van der Waals surface area contributed by atoms with Crippen LogP contribution in [0.25, 0.3) is 0 Å². The summed E-state index contributed by atoms with van der Waals surface area (Å²) in [6.45, 7) is 0.915. The van der Waals surface area contributed by atoms with Crippen molar-refractivity contribution < 1.29 is 18.0 Å². The summed E-state index contributed by atoms with van der Waals surface area (Å²) in [6.07, 6.45) is 0. The number of rotatable bonds is 1. The Hall–Kier alpha value is -2.07. The van der Waals surface area contributed by atoms with Crippen LogP contribution in [0, 0.1) is 28.8 Å². The molecule has 0 aromatic heterocycles. The highest BCUT2D eigenvalue weighted by Gasteiger charge is 2.30. The molecule has 2 rings (SSSR count). The van der Waals surface area contributed by atoms with Crippen LogP contribution in [0.15, 0.2) is 12.1 Å². The lowest BCUT2D eigenvalue weighted by Gasteiger charge is -2.32. The molecule has 1 N–H and O–H groups in total. The molecular formula is C12H10F3N3O. The number of nitrogens with one attached hydrogen (secondary N) is 1. The van der Waals surface area contributed by atoms with Crippen LogP contribution in [0.1, 0.15) is 10.4 Å². The quantitative estimate of drug-likeness (QED) is 0.775. The summed E-state index contributed by atoms with van der Waals surface area (Å²) in [5, 5.41) is 11.8. The number of carbonyl (C=O) groups excluding carboxylic acids is 1. The molecule has 100 valence electrons. The summed E-state index contributed by atoms with van der Waals surface area (Å²) in [5.41, 5.74) is -0.568. The van der Waals surface area contributed by atoms with Crippen LogP contribution in [-0.4, -0.2) is 36.5 Å². The van der Waals surface area contributed by atoms with Gasteiger partial charge < -0.3 is 10.2 Å². The summed E-state index contributed by atoms with van der Waals surface area (Å²) < 4.78 is 39.4. The summed E-state index contributed by atoms with van der Waals surface area (Å²) in [5.74, 6) is -5.38. The second-order valence-electron chi connectivity index (χ2n) is 4.07. The van der Waals surface area contributed by atoms with Crippen molar-refractivity contribution in [3.05, 3.63) is 35.1 Å². The van der Waals surface area contributed by atoms with Crippen molar-refractivity contribution in [2.24, 2.45) is 0 Å². The number of halogens is 3. The first-order chi connectivity index (χ1) is 9.06. The number of hydrogen-bond acceptors (Lipinski definition) is 3. The first kappa shape index (κ1) is 13.4. The Balaban J connectivity index is 2.34. The van der Waals surface area contributed by atoms with Crippen LogP contribution < -0.4 is 5.32 Å². The van der Waals surface area contributed by atoms with Gasteiger partial charge in [0.15, 0.2) is 17.5 Å². The lowest BCUT2D eigenvalue weighted by Crippen LogP contribution is -2.53. The maximum absolute atomic E-state index is 13.5. The van der Waals surface area contributed by atoms with Gasteiger partial charge in [-0.25, -0.2) is 13.2 Å². The fourth-order valence-corrected chi connectivity index (χ4v) is 1.91. The first-order valence-corrected chi connectivity index (χ1v) is 5.61. The van der Waals surface area contributed by atoms with E-state index in [9.17, 15) is 18.0 Å². The largest absolute Gasteiger partial charge is 0.320 e. The molecule has 0 spiro atoms. The second kappa shape index (κ2) is 5.28. The molecule has 1 atom stereocenters. The molecule has 1 aliphatic rings. The van der Waals surface area contributed by atoms with Crippen LogP contribution in [0.5, 0.6) is 0 Å². The molecule has 1 saturated heterocycles. The van der Waals surface area contributed by atoms with E-state index in [1.807, 2.05) is 6.07 Å². The molecule has 19 heavy (non-hydrogen) atoms. The zero-order valence-corrected chi connectivity index (χ0v) is 9.79. The number of benzene rings is 1. The molecule has 0 bridgehead atoms. The van der Waals surface area contributed by atoms with Gasteiger partial charge in [0.1, 0.15) is 6.04 Å². The molecule has 1 aromatic carbocycles. The van der Waals surface area contributed by atoms with Gasteiger partial charge in [-0.3, -0.25) is 4.79 Å². The molecule has 1 fully saturated rings. The van der Waals surface area contributed by atoms with Gasteiger partial charge in [-0.15, -0.1) is 0 Å². The highest BCUT2D eigenvalue weighted by atomic mass is 19.2. The minimum Gasteiger partial charge on any atom is -0.320 e. The average molecular weight is 269 g/mol. The number of carbonyl (C=O) groups is 1. The molecule has 1 unspecified atom stereocenters. The van der Waals surface area contributed by atoms with Crippen molar-refractivity contribution in [3.63, 3.8) is 0 Å². The van der Waals surface area contributed by atoms with Crippen LogP contribution >= 0.6 is 0 Å². The number of amides is 1. The van der Waals surface area contributed by atoms with Crippen molar-refractivity contribution in [1.82, 2.24) is 10.2 Å². The number of nitrogens with zero attached hydrogens (tertiary/aromatic N) is 2. The summed E-state index contributed by atoms with van der Waals surface area (Å²) in [4.78, 5) is 13.2. The van der Waals surface area contributed by atoms with E-state index < -0.39 is 35.0 Å². The van der Waals surface area contributed by atoms with E-state index in [0.717, 1.165) is 11.0 Å². The molecule has 7 heteroatoms. The Bertz CT molecular complexity index is 556. The Morgan fingerprint density at radius 2 is 2.11 bits per heavy atom. The minimum atomic E-state index is -1.69. The van der Waals surface area contributed by atoms with Crippen molar-refractivity contribution >= 4 is 5.91 Å². The highest BCUT2D eigenvalue weighted by Crippen LogP contribution is 2.18. The fraction of sp³-hybridized carbons (Fsp3) is 0.333. The maximum atomic E-state index is 13.5. The lowest BCUT2D eigenvalue weighted by atomic mass is 10.1. The standard InChI is InChI=1S/C12H10F3N3O/c13-9-2-1-8(10(14)11(9)15)12(19)18-4-3-17-6-7(18)5-16/h1-2,7,17H,3-4,6H2. The van der Waals surface area contributed by atoms with E-state index in [-0.39, 0.29) is 13.1 Å². The average Bonchev–Trinajstić information content (AvgIpc) is 2.44. The van der Waals surface area contributed by atoms with Crippen molar-refractivity contribution in [1.29, 1.82) is 5.26 Å². The first-order valence-electron chi connectivity index (χ1n) is 5.61. The van der Waals surface area contributed by atoms with Gasteiger partial charge >= 0.3 is 0 Å². The fourth-order valence-electron chi connectivity index (χ4n) is 1.91. The van der Waals surface area contributed by atoms with E-state index in [2.05, 4.69) is 5.32 Å². The summed E-state index contributed by atoms with van der Waals surface area (Å²) in [6, 6.07) is 2.72.